The van der Waals surface area contributed by atoms with Crippen molar-refractivity contribution in [2.75, 3.05) is 0 Å². The van der Waals surface area contributed by atoms with Gasteiger partial charge in [0, 0.05) is 11.1 Å². The maximum Gasteiger partial charge on any atom is 0.266 e. The number of benzene rings is 1. The quantitative estimate of drug-likeness (QED) is 0.838. The Kier molecular flexibility index (Phi) is 3.43. The van der Waals surface area contributed by atoms with Crippen LogP contribution >= 0.6 is 0 Å². The van der Waals surface area contributed by atoms with Crippen LogP contribution in [0.3, 0.4) is 0 Å². The average Bonchev–Trinajstić information content (AvgIpc) is 2.29. The first-order valence-corrected chi connectivity index (χ1v) is 5.90. The van der Waals surface area contributed by atoms with E-state index in [1.54, 1.807) is 0 Å². The van der Waals surface area contributed by atoms with Crippen molar-refractivity contribution in [2.45, 2.75) is 44.1 Å². The summed E-state index contributed by atoms with van der Waals surface area (Å²) in [4.78, 5) is 0. The summed E-state index contributed by atoms with van der Waals surface area (Å²) < 4.78 is 39.2. The van der Waals surface area contributed by atoms with Crippen LogP contribution in [0.4, 0.5) is 13.2 Å². The van der Waals surface area contributed by atoms with Crippen molar-refractivity contribution in [1.82, 2.24) is 0 Å². The highest BCUT2D eigenvalue weighted by Gasteiger charge is 2.33. The zero-order valence-electron chi connectivity index (χ0n) is 9.56. The SMILES string of the molecule is NC1(c2cccc(C(F)F)c2F)CCCCC1. The zero-order valence-corrected chi connectivity index (χ0v) is 9.56. The van der Waals surface area contributed by atoms with Crippen LogP contribution in [-0.4, -0.2) is 0 Å². The van der Waals surface area contributed by atoms with Gasteiger partial charge in [0.25, 0.3) is 6.43 Å². The van der Waals surface area contributed by atoms with E-state index in [9.17, 15) is 13.2 Å². The van der Waals surface area contributed by atoms with Crippen LogP contribution in [-0.2, 0) is 5.54 Å². The van der Waals surface area contributed by atoms with E-state index < -0.39 is 23.3 Å². The van der Waals surface area contributed by atoms with Crippen molar-refractivity contribution >= 4 is 0 Å². The molecule has 0 heterocycles. The maximum absolute atomic E-state index is 14.0. The first-order valence-electron chi connectivity index (χ1n) is 5.90. The fourth-order valence-corrected chi connectivity index (χ4v) is 2.55. The van der Waals surface area contributed by atoms with E-state index in [0.29, 0.717) is 12.8 Å². The summed E-state index contributed by atoms with van der Waals surface area (Å²) in [7, 11) is 0. The highest BCUT2D eigenvalue weighted by Crippen LogP contribution is 2.37. The van der Waals surface area contributed by atoms with Gasteiger partial charge in [-0.3, -0.25) is 0 Å². The van der Waals surface area contributed by atoms with Crippen molar-refractivity contribution in [3.05, 3.63) is 35.1 Å². The molecule has 0 radical (unpaired) electrons. The molecular weight excluding hydrogens is 227 g/mol. The standard InChI is InChI=1S/C13H16F3N/c14-11-9(12(15)16)5-4-6-10(11)13(17)7-2-1-3-8-13/h4-6,12H,1-3,7-8,17H2. The second kappa shape index (κ2) is 4.69. The molecule has 1 aromatic carbocycles. The molecule has 2 rings (SSSR count). The van der Waals surface area contributed by atoms with Crippen LogP contribution in [0.25, 0.3) is 0 Å². The number of halogens is 3. The number of hydrogen-bond acceptors (Lipinski definition) is 1. The van der Waals surface area contributed by atoms with Gasteiger partial charge in [0.15, 0.2) is 0 Å². The molecule has 1 fully saturated rings. The normalized spacial score (nSPS) is 19.6. The van der Waals surface area contributed by atoms with Gasteiger partial charge in [-0.1, -0.05) is 37.5 Å². The molecule has 1 nitrogen and oxygen atoms in total. The molecule has 2 N–H and O–H groups in total. The molecule has 0 spiro atoms. The molecule has 0 aromatic heterocycles. The van der Waals surface area contributed by atoms with Gasteiger partial charge in [-0.15, -0.1) is 0 Å². The molecule has 1 saturated carbocycles. The van der Waals surface area contributed by atoms with E-state index in [1.807, 2.05) is 0 Å². The lowest BCUT2D eigenvalue weighted by Crippen LogP contribution is -2.39. The first kappa shape index (κ1) is 12.4. The third kappa shape index (κ3) is 2.32. The monoisotopic (exact) mass is 243 g/mol. The Balaban J connectivity index is 2.41. The fraction of sp³-hybridized carbons (Fsp3) is 0.538. The van der Waals surface area contributed by atoms with E-state index in [2.05, 4.69) is 0 Å². The molecule has 0 saturated heterocycles. The predicted octanol–water partition coefficient (Wildman–Crippen LogP) is 3.88. The van der Waals surface area contributed by atoms with Gasteiger partial charge in [-0.25, -0.2) is 13.2 Å². The van der Waals surface area contributed by atoms with Gasteiger partial charge in [-0.05, 0) is 12.8 Å². The van der Waals surface area contributed by atoms with E-state index in [0.717, 1.165) is 25.3 Å². The molecule has 0 unspecified atom stereocenters. The van der Waals surface area contributed by atoms with E-state index in [-0.39, 0.29) is 5.56 Å². The van der Waals surface area contributed by atoms with Crippen LogP contribution in [0.5, 0.6) is 0 Å². The first-order chi connectivity index (χ1) is 8.04. The minimum absolute atomic E-state index is 0.245. The zero-order chi connectivity index (χ0) is 12.5. The van der Waals surface area contributed by atoms with Crippen LogP contribution in [0, 0.1) is 5.82 Å². The minimum Gasteiger partial charge on any atom is -0.321 e. The molecular formula is C13H16F3N. The van der Waals surface area contributed by atoms with Crippen molar-refractivity contribution in [3.63, 3.8) is 0 Å². The number of nitrogens with two attached hydrogens (primary N) is 1. The fourth-order valence-electron chi connectivity index (χ4n) is 2.55. The highest BCUT2D eigenvalue weighted by atomic mass is 19.3. The number of alkyl halides is 2. The van der Waals surface area contributed by atoms with Crippen LogP contribution in [0.2, 0.25) is 0 Å². The summed E-state index contributed by atoms with van der Waals surface area (Å²) in [5, 5.41) is 0. The Morgan fingerprint density at radius 1 is 1.12 bits per heavy atom. The molecule has 0 atom stereocenters. The maximum atomic E-state index is 14.0. The average molecular weight is 243 g/mol. The topological polar surface area (TPSA) is 26.0 Å². The second-order valence-electron chi connectivity index (χ2n) is 4.73. The second-order valence-corrected chi connectivity index (χ2v) is 4.73. The summed E-state index contributed by atoms with van der Waals surface area (Å²) in [5.41, 5.74) is 5.10. The lowest BCUT2D eigenvalue weighted by Gasteiger charge is -2.34. The lowest BCUT2D eigenvalue weighted by molar-refractivity contribution is 0.145. The Morgan fingerprint density at radius 3 is 2.35 bits per heavy atom. The molecule has 0 bridgehead atoms. The van der Waals surface area contributed by atoms with E-state index >= 15 is 0 Å². The number of rotatable bonds is 2. The third-order valence-corrected chi connectivity index (χ3v) is 3.55. The van der Waals surface area contributed by atoms with Crippen molar-refractivity contribution in [3.8, 4) is 0 Å². The summed E-state index contributed by atoms with van der Waals surface area (Å²) in [6, 6.07) is 4.12. The summed E-state index contributed by atoms with van der Waals surface area (Å²) >= 11 is 0. The van der Waals surface area contributed by atoms with Gasteiger partial charge in [0.1, 0.15) is 5.82 Å². The third-order valence-electron chi connectivity index (χ3n) is 3.55. The Labute approximate surface area is 98.8 Å². The minimum atomic E-state index is -2.79. The molecule has 94 valence electrons. The van der Waals surface area contributed by atoms with Crippen molar-refractivity contribution < 1.29 is 13.2 Å². The Hall–Kier alpha value is -1.03. The van der Waals surface area contributed by atoms with E-state index in [4.69, 9.17) is 5.73 Å². The summed E-state index contributed by atoms with van der Waals surface area (Å²) in [6.45, 7) is 0. The van der Waals surface area contributed by atoms with Crippen LogP contribution in [0.15, 0.2) is 18.2 Å². The molecule has 1 aliphatic carbocycles. The van der Waals surface area contributed by atoms with E-state index in [1.165, 1.54) is 12.1 Å². The molecule has 0 amide bonds. The molecule has 4 heteroatoms. The van der Waals surface area contributed by atoms with Crippen molar-refractivity contribution in [1.29, 1.82) is 0 Å². The highest BCUT2D eigenvalue weighted by molar-refractivity contribution is 5.32. The molecule has 0 aliphatic heterocycles. The number of hydrogen-bond donors (Lipinski definition) is 1. The molecule has 1 aliphatic rings. The Morgan fingerprint density at radius 2 is 1.76 bits per heavy atom. The summed E-state index contributed by atoms with van der Waals surface area (Å²) in [6.07, 6.45) is 1.47. The van der Waals surface area contributed by atoms with Crippen LogP contribution < -0.4 is 5.73 Å². The van der Waals surface area contributed by atoms with Crippen LogP contribution in [0.1, 0.15) is 49.7 Å². The van der Waals surface area contributed by atoms with Gasteiger partial charge < -0.3 is 5.73 Å². The summed E-state index contributed by atoms with van der Waals surface area (Å²) in [5.74, 6) is -0.827. The molecule has 17 heavy (non-hydrogen) atoms. The van der Waals surface area contributed by atoms with Gasteiger partial charge in [-0.2, -0.15) is 0 Å². The Bertz CT molecular complexity index is 398. The smallest absolute Gasteiger partial charge is 0.266 e. The van der Waals surface area contributed by atoms with Gasteiger partial charge in [0.05, 0.1) is 5.56 Å². The van der Waals surface area contributed by atoms with Gasteiger partial charge in [0.2, 0.25) is 0 Å². The largest absolute Gasteiger partial charge is 0.321 e. The van der Waals surface area contributed by atoms with Crippen molar-refractivity contribution in [2.24, 2.45) is 5.73 Å². The molecule has 1 aromatic rings. The predicted molar refractivity (Wildman–Crippen MR) is 60.3 cm³/mol. The lowest BCUT2D eigenvalue weighted by atomic mass is 9.77. The van der Waals surface area contributed by atoms with Gasteiger partial charge >= 0.3 is 0 Å².